The second-order valence-electron chi connectivity index (χ2n) is 11.3. The maximum Gasteiger partial charge on any atom is 0.264 e. The number of nitrogens with zero attached hydrogens (tertiary/aromatic N) is 2. The third-order valence-electron chi connectivity index (χ3n) is 7.86. The Balaban J connectivity index is 1.82. The third kappa shape index (κ3) is 8.83. The zero-order chi connectivity index (χ0) is 32.6. The van der Waals surface area contributed by atoms with Gasteiger partial charge in [-0.05, 0) is 74.2 Å². The molecule has 0 aromatic heterocycles. The molecule has 4 aromatic carbocycles. The normalized spacial score (nSPS) is 12.6. The summed E-state index contributed by atoms with van der Waals surface area (Å²) in [6, 6.07) is 29.7. The summed E-state index contributed by atoms with van der Waals surface area (Å²) in [6.07, 6.45) is 0.989. The predicted molar refractivity (Wildman–Crippen MR) is 183 cm³/mol. The molecule has 0 radical (unpaired) electrons. The molecule has 9 heteroatoms. The van der Waals surface area contributed by atoms with Gasteiger partial charge in [0.05, 0.1) is 10.6 Å². The van der Waals surface area contributed by atoms with Crippen LogP contribution in [0, 0.1) is 13.8 Å². The van der Waals surface area contributed by atoms with Crippen LogP contribution < -0.4 is 9.62 Å². The zero-order valence-electron chi connectivity index (χ0n) is 26.1. The fraction of sp³-hybridized carbons (Fsp3) is 0.278. The van der Waals surface area contributed by atoms with Gasteiger partial charge in [0.25, 0.3) is 10.0 Å². The van der Waals surface area contributed by atoms with E-state index in [4.69, 9.17) is 0 Å². The maximum atomic E-state index is 14.6. The molecule has 0 unspecified atom stereocenters. The van der Waals surface area contributed by atoms with Crippen molar-refractivity contribution in [3.8, 4) is 0 Å². The summed E-state index contributed by atoms with van der Waals surface area (Å²) in [5, 5.41) is 3.07. The number of benzene rings is 4. The number of aryl methyl sites for hydroxylation is 2. The van der Waals surface area contributed by atoms with Gasteiger partial charge in [-0.3, -0.25) is 13.9 Å². The van der Waals surface area contributed by atoms with Crippen LogP contribution >= 0.6 is 15.9 Å². The molecule has 0 bridgehead atoms. The van der Waals surface area contributed by atoms with Gasteiger partial charge in [-0.2, -0.15) is 0 Å². The van der Waals surface area contributed by atoms with Crippen molar-refractivity contribution >= 4 is 43.5 Å². The minimum absolute atomic E-state index is 0.0710. The van der Waals surface area contributed by atoms with Crippen molar-refractivity contribution in [1.29, 1.82) is 0 Å². The van der Waals surface area contributed by atoms with Gasteiger partial charge in [-0.25, -0.2) is 8.42 Å². The molecular formula is C36H40BrN3O4S. The summed E-state index contributed by atoms with van der Waals surface area (Å²) in [7, 11) is -4.16. The summed E-state index contributed by atoms with van der Waals surface area (Å²) in [5.41, 5.74) is 3.97. The van der Waals surface area contributed by atoms with Crippen molar-refractivity contribution in [3.63, 3.8) is 0 Å². The number of carbonyl (C=O) groups is 2. The molecule has 0 aliphatic heterocycles. The van der Waals surface area contributed by atoms with E-state index in [0.29, 0.717) is 10.2 Å². The van der Waals surface area contributed by atoms with Gasteiger partial charge < -0.3 is 10.2 Å². The van der Waals surface area contributed by atoms with E-state index >= 15 is 0 Å². The molecule has 0 fully saturated rings. The molecular weight excluding hydrogens is 650 g/mol. The Morgan fingerprint density at radius 2 is 1.53 bits per heavy atom. The topological polar surface area (TPSA) is 86.8 Å². The Labute approximate surface area is 275 Å². The van der Waals surface area contributed by atoms with Gasteiger partial charge in [-0.1, -0.05) is 101 Å². The average Bonchev–Trinajstić information content (AvgIpc) is 3.02. The van der Waals surface area contributed by atoms with Crippen LogP contribution in [0.4, 0.5) is 5.69 Å². The fourth-order valence-electron chi connectivity index (χ4n) is 4.96. The van der Waals surface area contributed by atoms with Crippen LogP contribution in [0.3, 0.4) is 0 Å². The van der Waals surface area contributed by atoms with Gasteiger partial charge in [0, 0.05) is 23.5 Å². The Morgan fingerprint density at radius 3 is 2.18 bits per heavy atom. The largest absolute Gasteiger partial charge is 0.352 e. The molecule has 0 saturated heterocycles. The molecule has 4 rings (SSSR count). The van der Waals surface area contributed by atoms with Crippen molar-refractivity contribution in [3.05, 3.63) is 130 Å². The van der Waals surface area contributed by atoms with Gasteiger partial charge in [-0.15, -0.1) is 0 Å². The number of carbonyl (C=O) groups excluding carboxylic acids is 2. The minimum Gasteiger partial charge on any atom is -0.352 e. The van der Waals surface area contributed by atoms with Gasteiger partial charge in [0.1, 0.15) is 12.6 Å². The first kappa shape index (κ1) is 33.9. The van der Waals surface area contributed by atoms with E-state index in [1.807, 2.05) is 82.3 Å². The number of anilines is 1. The number of nitrogens with one attached hydrogen (secondary N) is 1. The highest BCUT2D eigenvalue weighted by atomic mass is 79.9. The summed E-state index contributed by atoms with van der Waals surface area (Å²) in [4.78, 5) is 30.1. The van der Waals surface area contributed by atoms with Crippen LogP contribution in [0.2, 0.25) is 0 Å². The van der Waals surface area contributed by atoms with Crippen LogP contribution in [0.1, 0.15) is 42.5 Å². The fourth-order valence-corrected chi connectivity index (χ4v) is 6.76. The number of hydrogen-bond donors (Lipinski definition) is 1. The van der Waals surface area contributed by atoms with Crippen LogP contribution in [0.5, 0.6) is 0 Å². The molecule has 4 aromatic rings. The average molecular weight is 691 g/mol. The Bertz CT molecular complexity index is 1710. The maximum absolute atomic E-state index is 14.6. The summed E-state index contributed by atoms with van der Waals surface area (Å²) < 4.78 is 30.1. The van der Waals surface area contributed by atoms with E-state index < -0.39 is 28.5 Å². The Hall–Kier alpha value is -3.95. The molecule has 2 amide bonds. The summed E-state index contributed by atoms with van der Waals surface area (Å²) in [6.45, 7) is 7.38. The van der Waals surface area contributed by atoms with Crippen LogP contribution in [0.25, 0.3) is 0 Å². The summed E-state index contributed by atoms with van der Waals surface area (Å²) in [5.74, 6) is -0.778. The lowest BCUT2D eigenvalue weighted by Gasteiger charge is -2.34. The molecule has 0 spiro atoms. The standard InChI is InChI=1S/C36H40BrN3O4S/c1-5-28(4)38-36(42)34(22-29-13-7-6-8-14-29)39(24-30-15-10-9-12-27(30)3)35(41)25-40(32-17-11-16-31(37)23-32)45(43,44)33-20-18-26(2)19-21-33/h6-21,23,28,34H,5,22,24-25H2,1-4H3,(H,38,42)/t28-,34-/m0/s1. The number of rotatable bonds is 13. The molecule has 2 atom stereocenters. The predicted octanol–water partition coefficient (Wildman–Crippen LogP) is 6.82. The molecule has 0 heterocycles. The quantitative estimate of drug-likeness (QED) is 0.167. The zero-order valence-corrected chi connectivity index (χ0v) is 28.5. The lowest BCUT2D eigenvalue weighted by Crippen LogP contribution is -2.54. The van der Waals surface area contributed by atoms with Crippen molar-refractivity contribution in [2.24, 2.45) is 0 Å². The monoisotopic (exact) mass is 689 g/mol. The van der Waals surface area contributed by atoms with Crippen molar-refractivity contribution in [2.45, 2.75) is 64.1 Å². The van der Waals surface area contributed by atoms with E-state index in [0.717, 1.165) is 33.0 Å². The van der Waals surface area contributed by atoms with E-state index in [9.17, 15) is 18.0 Å². The highest BCUT2D eigenvalue weighted by Gasteiger charge is 2.35. The van der Waals surface area contributed by atoms with Crippen molar-refractivity contribution < 1.29 is 18.0 Å². The molecule has 236 valence electrons. The first-order valence-electron chi connectivity index (χ1n) is 15.0. The Morgan fingerprint density at radius 1 is 0.867 bits per heavy atom. The number of amides is 2. The highest BCUT2D eigenvalue weighted by molar-refractivity contribution is 9.10. The lowest BCUT2D eigenvalue weighted by molar-refractivity contribution is -0.140. The SMILES string of the molecule is CC[C@H](C)NC(=O)[C@H](Cc1ccccc1)N(Cc1ccccc1C)C(=O)CN(c1cccc(Br)c1)S(=O)(=O)c1ccc(C)cc1. The highest BCUT2D eigenvalue weighted by Crippen LogP contribution is 2.28. The first-order valence-corrected chi connectivity index (χ1v) is 17.3. The number of sulfonamides is 1. The molecule has 0 saturated carbocycles. The third-order valence-corrected chi connectivity index (χ3v) is 10.1. The van der Waals surface area contributed by atoms with Gasteiger partial charge in [0.2, 0.25) is 11.8 Å². The Kier molecular flexibility index (Phi) is 11.6. The lowest BCUT2D eigenvalue weighted by atomic mass is 10.0. The van der Waals surface area contributed by atoms with E-state index in [1.165, 1.54) is 4.90 Å². The second kappa shape index (κ2) is 15.4. The minimum atomic E-state index is -4.16. The number of halogens is 1. The van der Waals surface area contributed by atoms with E-state index in [2.05, 4.69) is 21.2 Å². The smallest absolute Gasteiger partial charge is 0.264 e. The van der Waals surface area contributed by atoms with Crippen LogP contribution in [-0.2, 0) is 32.6 Å². The van der Waals surface area contributed by atoms with Gasteiger partial charge >= 0.3 is 0 Å². The van der Waals surface area contributed by atoms with Crippen LogP contribution in [0.15, 0.2) is 112 Å². The number of hydrogen-bond acceptors (Lipinski definition) is 4. The van der Waals surface area contributed by atoms with E-state index in [-0.39, 0.29) is 29.8 Å². The molecule has 45 heavy (non-hydrogen) atoms. The molecule has 1 N–H and O–H groups in total. The molecule has 7 nitrogen and oxygen atoms in total. The first-order chi connectivity index (χ1) is 21.5. The molecule has 0 aliphatic carbocycles. The van der Waals surface area contributed by atoms with Crippen molar-refractivity contribution in [1.82, 2.24) is 10.2 Å². The summed E-state index contributed by atoms with van der Waals surface area (Å²) >= 11 is 3.45. The second-order valence-corrected chi connectivity index (χ2v) is 14.1. The molecule has 0 aliphatic rings. The van der Waals surface area contributed by atoms with Crippen LogP contribution in [-0.4, -0.2) is 43.8 Å². The van der Waals surface area contributed by atoms with Gasteiger partial charge in [0.15, 0.2) is 0 Å². The van der Waals surface area contributed by atoms with E-state index in [1.54, 1.807) is 48.5 Å². The van der Waals surface area contributed by atoms with Crippen molar-refractivity contribution in [2.75, 3.05) is 10.8 Å².